The van der Waals surface area contributed by atoms with Gasteiger partial charge in [-0.1, -0.05) is 13.3 Å². The maximum absolute atomic E-state index is 11.7. The number of ether oxygens (including phenoxy) is 1. The Balaban J connectivity index is 2.30. The molecule has 2 N–H and O–H groups in total. The molecule has 6 nitrogen and oxygen atoms in total. The summed E-state index contributed by atoms with van der Waals surface area (Å²) in [4.78, 5) is 25.6. The highest BCUT2D eigenvalue weighted by Gasteiger charge is 2.26. The summed E-state index contributed by atoms with van der Waals surface area (Å²) in [6.45, 7) is 1.93. The molecule has 0 spiro atoms. The minimum Gasteiger partial charge on any atom is -0.394 e. The molecule has 2 heterocycles. The van der Waals surface area contributed by atoms with Gasteiger partial charge < -0.3 is 9.84 Å². The second-order valence-corrected chi connectivity index (χ2v) is 4.54. The number of nitrogens with one attached hydrogen (secondary N) is 1. The third-order valence-corrected chi connectivity index (χ3v) is 3.16. The van der Waals surface area contributed by atoms with E-state index in [0.29, 0.717) is 18.4 Å². The number of aromatic nitrogens is 2. The summed E-state index contributed by atoms with van der Waals surface area (Å²) in [5, 5.41) is 9.01. The van der Waals surface area contributed by atoms with Crippen LogP contribution in [0.2, 0.25) is 0 Å². The van der Waals surface area contributed by atoms with E-state index in [2.05, 4.69) is 4.98 Å². The fraction of sp³-hybridized carbons (Fsp3) is 0.667. The minimum absolute atomic E-state index is 0.0452. The van der Waals surface area contributed by atoms with Gasteiger partial charge in [0.1, 0.15) is 6.23 Å². The van der Waals surface area contributed by atoms with Crippen LogP contribution in [0.5, 0.6) is 0 Å². The lowest BCUT2D eigenvalue weighted by atomic mass is 10.2. The van der Waals surface area contributed by atoms with Gasteiger partial charge in [0.05, 0.1) is 12.7 Å². The third kappa shape index (κ3) is 2.54. The van der Waals surface area contributed by atoms with Crippen LogP contribution in [0.25, 0.3) is 0 Å². The molecule has 0 bridgehead atoms. The van der Waals surface area contributed by atoms with Gasteiger partial charge in [-0.25, -0.2) is 4.79 Å². The van der Waals surface area contributed by atoms with E-state index in [0.717, 1.165) is 12.8 Å². The first-order valence-electron chi connectivity index (χ1n) is 6.26. The number of hydrogen-bond donors (Lipinski definition) is 2. The first-order chi connectivity index (χ1) is 8.65. The molecule has 6 heteroatoms. The highest BCUT2D eigenvalue weighted by atomic mass is 16.5. The molecule has 100 valence electrons. The summed E-state index contributed by atoms with van der Waals surface area (Å²) in [6.07, 6.45) is 3.83. The lowest BCUT2D eigenvalue weighted by molar-refractivity contribution is -0.0247. The van der Waals surface area contributed by atoms with Crippen LogP contribution in [0, 0.1) is 0 Å². The first-order valence-corrected chi connectivity index (χ1v) is 6.26. The van der Waals surface area contributed by atoms with Gasteiger partial charge >= 0.3 is 5.69 Å². The van der Waals surface area contributed by atoms with E-state index in [1.807, 2.05) is 6.92 Å². The van der Waals surface area contributed by atoms with Gasteiger partial charge in [0.25, 0.3) is 5.56 Å². The summed E-state index contributed by atoms with van der Waals surface area (Å²) in [6, 6.07) is 0. The smallest absolute Gasteiger partial charge is 0.330 e. The van der Waals surface area contributed by atoms with Crippen molar-refractivity contribution < 1.29 is 9.84 Å². The Labute approximate surface area is 104 Å². The van der Waals surface area contributed by atoms with E-state index in [-0.39, 0.29) is 24.5 Å². The molecule has 2 atom stereocenters. The van der Waals surface area contributed by atoms with Crippen LogP contribution in [0.1, 0.15) is 38.0 Å². The molecule has 1 aliphatic heterocycles. The summed E-state index contributed by atoms with van der Waals surface area (Å²) in [7, 11) is 0. The van der Waals surface area contributed by atoms with Crippen molar-refractivity contribution in [2.45, 2.75) is 44.9 Å². The number of aromatic amines is 1. The Hall–Kier alpha value is -1.40. The van der Waals surface area contributed by atoms with Crippen LogP contribution in [0.4, 0.5) is 0 Å². The summed E-state index contributed by atoms with van der Waals surface area (Å²) in [5.74, 6) is 0. The molecule has 1 fully saturated rings. The van der Waals surface area contributed by atoms with E-state index in [1.165, 1.54) is 4.57 Å². The van der Waals surface area contributed by atoms with Crippen molar-refractivity contribution in [1.29, 1.82) is 0 Å². The molecule has 1 saturated heterocycles. The summed E-state index contributed by atoms with van der Waals surface area (Å²) >= 11 is 0. The number of nitrogens with zero attached hydrogens (tertiary/aromatic N) is 1. The van der Waals surface area contributed by atoms with Crippen LogP contribution >= 0.6 is 0 Å². The SMILES string of the molecule is CCCc1cn([C@@H]2CC[C@H](CO)O2)c(=O)[nH]c1=O. The van der Waals surface area contributed by atoms with E-state index in [1.54, 1.807) is 6.20 Å². The quantitative estimate of drug-likeness (QED) is 0.801. The fourth-order valence-electron chi connectivity index (χ4n) is 2.21. The van der Waals surface area contributed by atoms with Crippen molar-refractivity contribution in [3.05, 3.63) is 32.6 Å². The number of H-pyrrole nitrogens is 1. The highest BCUT2D eigenvalue weighted by molar-refractivity contribution is 5.05. The Morgan fingerprint density at radius 1 is 1.50 bits per heavy atom. The van der Waals surface area contributed by atoms with Crippen LogP contribution in [0.3, 0.4) is 0 Å². The molecule has 0 amide bonds. The van der Waals surface area contributed by atoms with Crippen LogP contribution in [-0.2, 0) is 11.2 Å². The van der Waals surface area contributed by atoms with E-state index in [9.17, 15) is 9.59 Å². The molecule has 0 saturated carbocycles. The van der Waals surface area contributed by atoms with Gasteiger partial charge in [-0.2, -0.15) is 0 Å². The Bertz CT molecular complexity index is 520. The number of aryl methyl sites for hydroxylation is 1. The summed E-state index contributed by atoms with van der Waals surface area (Å²) < 4.78 is 6.96. The second-order valence-electron chi connectivity index (χ2n) is 4.54. The van der Waals surface area contributed by atoms with Gasteiger partial charge in [-0.15, -0.1) is 0 Å². The van der Waals surface area contributed by atoms with Gasteiger partial charge in [0.2, 0.25) is 0 Å². The van der Waals surface area contributed by atoms with Gasteiger partial charge in [-0.3, -0.25) is 14.3 Å². The molecule has 1 aromatic heterocycles. The number of hydrogen-bond acceptors (Lipinski definition) is 4. The Morgan fingerprint density at radius 2 is 2.28 bits per heavy atom. The average molecular weight is 254 g/mol. The monoisotopic (exact) mass is 254 g/mol. The van der Waals surface area contributed by atoms with E-state index >= 15 is 0 Å². The molecular weight excluding hydrogens is 236 g/mol. The molecule has 1 aromatic rings. The van der Waals surface area contributed by atoms with Crippen molar-refractivity contribution in [1.82, 2.24) is 9.55 Å². The first kappa shape index (κ1) is 13.0. The summed E-state index contributed by atoms with van der Waals surface area (Å²) in [5.41, 5.74) is -0.189. The molecule has 0 radical (unpaired) electrons. The predicted molar refractivity (Wildman–Crippen MR) is 65.5 cm³/mol. The molecule has 0 aliphatic carbocycles. The van der Waals surface area contributed by atoms with Gasteiger partial charge in [-0.05, 0) is 19.3 Å². The lowest BCUT2D eigenvalue weighted by Crippen LogP contribution is -2.34. The van der Waals surface area contributed by atoms with E-state index in [4.69, 9.17) is 9.84 Å². The van der Waals surface area contributed by atoms with Crippen molar-refractivity contribution in [3.8, 4) is 0 Å². The fourth-order valence-corrected chi connectivity index (χ4v) is 2.21. The van der Waals surface area contributed by atoms with Crippen LogP contribution in [-0.4, -0.2) is 27.4 Å². The van der Waals surface area contributed by atoms with Crippen molar-refractivity contribution in [2.24, 2.45) is 0 Å². The van der Waals surface area contributed by atoms with Crippen molar-refractivity contribution >= 4 is 0 Å². The predicted octanol–water partition coefficient (Wildman–Crippen LogP) is 0.159. The second kappa shape index (κ2) is 5.49. The Morgan fingerprint density at radius 3 is 2.89 bits per heavy atom. The third-order valence-electron chi connectivity index (χ3n) is 3.16. The number of rotatable bonds is 4. The normalized spacial score (nSPS) is 23.4. The van der Waals surface area contributed by atoms with Gasteiger partial charge in [0, 0.05) is 11.8 Å². The van der Waals surface area contributed by atoms with Crippen molar-refractivity contribution in [2.75, 3.05) is 6.61 Å². The van der Waals surface area contributed by atoms with Crippen molar-refractivity contribution in [3.63, 3.8) is 0 Å². The standard InChI is InChI=1S/C12H18N2O4/c1-2-3-8-6-14(12(17)13-11(8)16)10-5-4-9(7-15)18-10/h6,9-10,15H,2-5,7H2,1H3,(H,13,16,17)/t9-,10+/m1/s1. The zero-order valence-corrected chi connectivity index (χ0v) is 10.4. The largest absolute Gasteiger partial charge is 0.394 e. The van der Waals surface area contributed by atoms with Crippen LogP contribution in [0.15, 0.2) is 15.8 Å². The zero-order valence-electron chi connectivity index (χ0n) is 10.4. The maximum Gasteiger partial charge on any atom is 0.330 e. The highest BCUT2D eigenvalue weighted by Crippen LogP contribution is 2.26. The molecule has 0 unspecified atom stereocenters. The zero-order chi connectivity index (χ0) is 13.1. The van der Waals surface area contributed by atoms with Crippen LogP contribution < -0.4 is 11.2 Å². The number of aliphatic hydroxyl groups excluding tert-OH is 1. The topological polar surface area (TPSA) is 84.3 Å². The van der Waals surface area contributed by atoms with E-state index < -0.39 is 5.69 Å². The maximum atomic E-state index is 11.7. The lowest BCUT2D eigenvalue weighted by Gasteiger charge is -2.15. The molecule has 2 rings (SSSR count). The minimum atomic E-state index is -0.455. The molecule has 1 aliphatic rings. The Kier molecular flexibility index (Phi) is 3.98. The average Bonchev–Trinajstić information content (AvgIpc) is 2.81. The number of aliphatic hydroxyl groups is 1. The molecular formula is C12H18N2O4. The van der Waals surface area contributed by atoms with Gasteiger partial charge in [0.15, 0.2) is 0 Å². The molecule has 18 heavy (non-hydrogen) atoms. The molecule has 0 aromatic carbocycles.